The first-order valence-corrected chi connectivity index (χ1v) is 10.7. The summed E-state index contributed by atoms with van der Waals surface area (Å²) in [6.45, 7) is 0.184. The number of aromatic nitrogens is 2. The van der Waals surface area contributed by atoms with Crippen molar-refractivity contribution < 1.29 is 14.1 Å². The fraction of sp³-hybridized carbons (Fsp3) is 0.0370. The molecule has 0 saturated heterocycles. The van der Waals surface area contributed by atoms with Crippen LogP contribution in [0.15, 0.2) is 78.9 Å². The Bertz CT molecular complexity index is 1650. The van der Waals surface area contributed by atoms with Crippen LogP contribution in [0.3, 0.4) is 0 Å². The van der Waals surface area contributed by atoms with Gasteiger partial charge in [0.15, 0.2) is 0 Å². The Hall–Kier alpha value is -5.03. The van der Waals surface area contributed by atoms with E-state index in [1.807, 2.05) is 36.4 Å². The number of hydrogen-bond acceptors (Lipinski definition) is 5. The molecule has 0 fully saturated rings. The smallest absolute Gasteiger partial charge is 0.269 e. The minimum Gasteiger partial charge on any atom is -0.488 e. The van der Waals surface area contributed by atoms with Gasteiger partial charge in [0.1, 0.15) is 30.1 Å². The molecule has 0 radical (unpaired) electrons. The van der Waals surface area contributed by atoms with Crippen LogP contribution in [0.1, 0.15) is 17.0 Å². The number of aromatic amines is 1. The molecule has 5 aromatic rings. The zero-order valence-electron chi connectivity index (χ0n) is 18.2. The summed E-state index contributed by atoms with van der Waals surface area (Å²) in [6, 6.07) is 24.0. The minimum atomic E-state index is -0.452. The summed E-state index contributed by atoms with van der Waals surface area (Å²) < 4.78 is 19.7. The maximum atomic E-state index is 13.6. The molecule has 5 rings (SSSR count). The highest BCUT2D eigenvalue weighted by atomic mass is 19.1. The van der Waals surface area contributed by atoms with Crippen molar-refractivity contribution in [1.29, 1.82) is 5.26 Å². The van der Waals surface area contributed by atoms with Gasteiger partial charge in [-0.2, -0.15) is 5.26 Å². The number of imidazole rings is 1. The Morgan fingerprint density at radius 2 is 1.91 bits per heavy atom. The van der Waals surface area contributed by atoms with Crippen LogP contribution in [0.25, 0.3) is 33.5 Å². The number of fused-ring (bicyclic) bond motifs is 2. The largest absolute Gasteiger partial charge is 0.488 e. The van der Waals surface area contributed by atoms with Crippen LogP contribution < -0.4 is 4.74 Å². The summed E-state index contributed by atoms with van der Waals surface area (Å²) in [5.41, 5.74) is 2.76. The molecule has 170 valence electrons. The molecule has 0 aliphatic rings. The molecule has 0 saturated carbocycles. The van der Waals surface area contributed by atoms with Crippen molar-refractivity contribution in [2.45, 2.75) is 6.61 Å². The van der Waals surface area contributed by atoms with Gasteiger partial charge in [-0.25, -0.2) is 9.37 Å². The van der Waals surface area contributed by atoms with E-state index in [1.165, 1.54) is 24.3 Å². The second kappa shape index (κ2) is 9.08. The van der Waals surface area contributed by atoms with Crippen LogP contribution in [-0.2, 0) is 6.61 Å². The number of nitro benzene ring substituents is 1. The van der Waals surface area contributed by atoms with E-state index in [9.17, 15) is 19.8 Å². The number of nitro groups is 1. The molecule has 0 amide bonds. The Balaban J connectivity index is 1.55. The molecule has 0 atom stereocenters. The monoisotopic (exact) mass is 464 g/mol. The van der Waals surface area contributed by atoms with Gasteiger partial charge in [0, 0.05) is 17.7 Å². The van der Waals surface area contributed by atoms with Gasteiger partial charge in [0.25, 0.3) is 5.69 Å². The molecule has 1 N–H and O–H groups in total. The van der Waals surface area contributed by atoms with Gasteiger partial charge < -0.3 is 9.72 Å². The second-order valence-corrected chi connectivity index (χ2v) is 7.83. The number of benzene rings is 4. The lowest BCUT2D eigenvalue weighted by atomic mass is 10.0. The molecule has 8 heteroatoms. The van der Waals surface area contributed by atoms with E-state index in [4.69, 9.17) is 4.74 Å². The molecule has 0 spiro atoms. The van der Waals surface area contributed by atoms with E-state index >= 15 is 0 Å². The summed E-state index contributed by atoms with van der Waals surface area (Å²) in [5, 5.41) is 22.7. The van der Waals surface area contributed by atoms with Crippen molar-refractivity contribution in [1.82, 2.24) is 9.97 Å². The van der Waals surface area contributed by atoms with Crippen LogP contribution in [0.5, 0.6) is 5.75 Å². The molecule has 0 unspecified atom stereocenters. The van der Waals surface area contributed by atoms with Gasteiger partial charge in [-0.1, -0.05) is 30.3 Å². The maximum absolute atomic E-state index is 13.6. The van der Waals surface area contributed by atoms with Gasteiger partial charge in [0.2, 0.25) is 0 Å². The summed E-state index contributed by atoms with van der Waals surface area (Å²) >= 11 is 0. The van der Waals surface area contributed by atoms with Crippen molar-refractivity contribution in [3.63, 3.8) is 0 Å². The number of non-ortho nitro benzene ring substituents is 1. The topological polar surface area (TPSA) is 105 Å². The highest BCUT2D eigenvalue weighted by Gasteiger charge is 2.13. The average molecular weight is 464 g/mol. The minimum absolute atomic E-state index is 0.00690. The number of ether oxygens (including phenoxy) is 1. The molecule has 0 aliphatic carbocycles. The first-order valence-electron chi connectivity index (χ1n) is 10.7. The Morgan fingerprint density at radius 3 is 2.69 bits per heavy atom. The standard InChI is InChI=1S/C27H17FN4O3/c28-20-8-11-24-25(14-20)31-27(30-24)19(15-29)13-23-22-4-2-1-3-18(22)7-12-26(23)35-16-17-5-9-21(10-6-17)32(33)34/h1-14H,16H2,(H,30,31)/b19-13-. The number of nitrogens with zero attached hydrogens (tertiary/aromatic N) is 3. The predicted octanol–water partition coefficient (Wildman–Crippen LogP) is 6.41. The summed E-state index contributed by atoms with van der Waals surface area (Å²) in [6.07, 6.45) is 1.70. The molecule has 0 aliphatic heterocycles. The lowest BCUT2D eigenvalue weighted by Crippen LogP contribution is -1.98. The van der Waals surface area contributed by atoms with Crippen LogP contribution in [0, 0.1) is 27.3 Å². The highest BCUT2D eigenvalue weighted by Crippen LogP contribution is 2.32. The molecule has 1 aromatic heterocycles. The molecule has 35 heavy (non-hydrogen) atoms. The third kappa shape index (κ3) is 4.43. The lowest BCUT2D eigenvalue weighted by Gasteiger charge is -2.12. The SMILES string of the molecule is N#C/C(=C/c1c(OCc2ccc([N+](=O)[O-])cc2)ccc2ccccc12)c1nc2ccc(F)cc2[nH]1. The zero-order chi connectivity index (χ0) is 24.4. The van der Waals surface area contributed by atoms with Crippen LogP contribution >= 0.6 is 0 Å². The third-order valence-electron chi connectivity index (χ3n) is 5.58. The molecule has 0 bridgehead atoms. The maximum Gasteiger partial charge on any atom is 0.269 e. The number of nitriles is 1. The molecule has 4 aromatic carbocycles. The van der Waals surface area contributed by atoms with Gasteiger partial charge in [0.05, 0.1) is 21.5 Å². The predicted molar refractivity (Wildman–Crippen MR) is 131 cm³/mol. The van der Waals surface area contributed by atoms with Gasteiger partial charge in [-0.3, -0.25) is 10.1 Å². The molecular weight excluding hydrogens is 447 g/mol. The van der Waals surface area contributed by atoms with E-state index < -0.39 is 10.7 Å². The Morgan fingerprint density at radius 1 is 1.11 bits per heavy atom. The fourth-order valence-electron chi connectivity index (χ4n) is 3.83. The van der Waals surface area contributed by atoms with Gasteiger partial charge >= 0.3 is 0 Å². The zero-order valence-corrected chi connectivity index (χ0v) is 18.2. The van der Waals surface area contributed by atoms with Crippen LogP contribution in [-0.4, -0.2) is 14.9 Å². The molecule has 1 heterocycles. The van der Waals surface area contributed by atoms with E-state index in [-0.39, 0.29) is 17.9 Å². The first kappa shape index (κ1) is 21.8. The Kier molecular flexibility index (Phi) is 5.65. The van der Waals surface area contributed by atoms with E-state index in [2.05, 4.69) is 16.0 Å². The number of rotatable bonds is 6. The van der Waals surface area contributed by atoms with Crippen molar-refractivity contribution in [3.05, 3.63) is 112 Å². The molecular formula is C27H17FN4O3. The summed E-state index contributed by atoms with van der Waals surface area (Å²) in [4.78, 5) is 17.9. The third-order valence-corrected chi connectivity index (χ3v) is 5.58. The Labute approximate surface area is 198 Å². The van der Waals surface area contributed by atoms with Crippen LogP contribution in [0.4, 0.5) is 10.1 Å². The van der Waals surface area contributed by atoms with E-state index in [0.717, 1.165) is 16.3 Å². The average Bonchev–Trinajstić information content (AvgIpc) is 3.29. The first-order chi connectivity index (χ1) is 17.0. The second-order valence-electron chi connectivity index (χ2n) is 7.83. The van der Waals surface area contributed by atoms with E-state index in [1.54, 1.807) is 24.3 Å². The molecule has 7 nitrogen and oxygen atoms in total. The number of halogens is 1. The van der Waals surface area contributed by atoms with Crippen molar-refractivity contribution >= 4 is 39.1 Å². The number of allylic oxidation sites excluding steroid dienone is 1. The van der Waals surface area contributed by atoms with Gasteiger partial charge in [-0.05, 0) is 58.8 Å². The number of nitrogens with one attached hydrogen (secondary N) is 1. The van der Waals surface area contributed by atoms with Crippen molar-refractivity contribution in [3.8, 4) is 11.8 Å². The summed E-state index contributed by atoms with van der Waals surface area (Å²) in [5.74, 6) is 0.463. The number of hydrogen-bond donors (Lipinski definition) is 1. The fourth-order valence-corrected chi connectivity index (χ4v) is 3.83. The summed E-state index contributed by atoms with van der Waals surface area (Å²) in [7, 11) is 0. The normalized spacial score (nSPS) is 11.5. The van der Waals surface area contributed by atoms with Crippen molar-refractivity contribution in [2.24, 2.45) is 0 Å². The van der Waals surface area contributed by atoms with Gasteiger partial charge in [-0.15, -0.1) is 0 Å². The highest BCUT2D eigenvalue weighted by molar-refractivity contribution is 6.00. The quantitative estimate of drug-likeness (QED) is 0.178. The lowest BCUT2D eigenvalue weighted by molar-refractivity contribution is -0.384. The van der Waals surface area contributed by atoms with Crippen molar-refractivity contribution in [2.75, 3.05) is 0 Å². The number of H-pyrrole nitrogens is 1. The van der Waals surface area contributed by atoms with Crippen LogP contribution in [0.2, 0.25) is 0 Å². The van der Waals surface area contributed by atoms with E-state index in [0.29, 0.717) is 28.2 Å².